The highest BCUT2D eigenvalue weighted by Gasteiger charge is 1.84. The van der Waals surface area contributed by atoms with Crippen LogP contribution in [0.15, 0.2) is 0 Å². The van der Waals surface area contributed by atoms with Crippen LogP contribution in [0.4, 0.5) is 0 Å². The Kier molecular flexibility index (Phi) is 3.78. The summed E-state index contributed by atoms with van der Waals surface area (Å²) in [4.78, 5) is 0. The molecule has 0 heterocycles. The standard InChI is InChI=1S/C3H10BNS/c1-3(2)5-4-6/h3-6H,1-2H3. The maximum atomic E-state index is 3.95. The van der Waals surface area contributed by atoms with Crippen LogP contribution >= 0.6 is 12.5 Å². The van der Waals surface area contributed by atoms with Crippen molar-refractivity contribution in [2.24, 2.45) is 0 Å². The predicted octanol–water partition coefficient (Wildman–Crippen LogP) is 0.181. The van der Waals surface area contributed by atoms with E-state index in [2.05, 4.69) is 31.6 Å². The topological polar surface area (TPSA) is 12.0 Å². The number of nitrogens with one attached hydrogen (secondary N) is 1. The minimum Gasteiger partial charge on any atom is -0.347 e. The van der Waals surface area contributed by atoms with E-state index in [4.69, 9.17) is 0 Å². The van der Waals surface area contributed by atoms with Gasteiger partial charge in [-0.1, -0.05) is 13.8 Å². The van der Waals surface area contributed by atoms with Crippen LogP contribution in [-0.4, -0.2) is 12.7 Å². The van der Waals surface area contributed by atoms with Crippen molar-refractivity contribution in [2.45, 2.75) is 19.9 Å². The van der Waals surface area contributed by atoms with E-state index in [1.54, 1.807) is 0 Å². The lowest BCUT2D eigenvalue weighted by molar-refractivity contribution is 0.759. The molecule has 0 bridgehead atoms. The molecule has 0 aromatic rings. The number of rotatable bonds is 2. The van der Waals surface area contributed by atoms with Crippen molar-refractivity contribution in [3.8, 4) is 0 Å². The average molecular weight is 103 g/mol. The fourth-order valence-electron chi connectivity index (χ4n) is 0.183. The highest BCUT2D eigenvalue weighted by Crippen LogP contribution is 1.72. The van der Waals surface area contributed by atoms with E-state index >= 15 is 0 Å². The Labute approximate surface area is 45.1 Å². The molecule has 1 N–H and O–H groups in total. The normalized spacial score (nSPS) is 9.33. The van der Waals surface area contributed by atoms with Crippen molar-refractivity contribution in [3.05, 3.63) is 0 Å². The molecule has 3 heteroatoms. The van der Waals surface area contributed by atoms with Crippen LogP contribution in [0.5, 0.6) is 0 Å². The molecule has 0 radical (unpaired) electrons. The van der Waals surface area contributed by atoms with Crippen LogP contribution < -0.4 is 5.23 Å². The first kappa shape index (κ1) is 6.37. The zero-order chi connectivity index (χ0) is 4.99. The lowest BCUT2D eigenvalue weighted by atomic mass is 10.3. The third-order valence-corrected chi connectivity index (χ3v) is 0.682. The summed E-state index contributed by atoms with van der Waals surface area (Å²) in [5.74, 6) is 0. The molecule has 0 aliphatic rings. The number of hydrogen-bond acceptors (Lipinski definition) is 2. The van der Waals surface area contributed by atoms with E-state index in [0.29, 0.717) is 6.04 Å². The van der Waals surface area contributed by atoms with Gasteiger partial charge in [0.25, 0.3) is 6.69 Å². The fraction of sp³-hybridized carbons (Fsp3) is 1.00. The molecule has 0 rings (SSSR count). The highest BCUT2D eigenvalue weighted by molar-refractivity contribution is 8.06. The zero-order valence-corrected chi connectivity index (χ0v) is 5.13. The molecular weight excluding hydrogens is 92.9 g/mol. The summed E-state index contributed by atoms with van der Waals surface area (Å²) >= 11 is 3.95. The maximum Gasteiger partial charge on any atom is 0.266 e. The van der Waals surface area contributed by atoms with Gasteiger partial charge < -0.3 is 5.23 Å². The Hall–Kier alpha value is 0.375. The molecule has 0 fully saturated rings. The first-order chi connectivity index (χ1) is 2.77. The fourth-order valence-corrected chi connectivity index (χ4v) is 0.548. The summed E-state index contributed by atoms with van der Waals surface area (Å²) < 4.78 is 0. The molecule has 0 saturated carbocycles. The van der Waals surface area contributed by atoms with Gasteiger partial charge in [-0.25, -0.2) is 12.5 Å². The van der Waals surface area contributed by atoms with Crippen molar-refractivity contribution in [3.63, 3.8) is 0 Å². The summed E-state index contributed by atoms with van der Waals surface area (Å²) in [7, 11) is 0. The molecule has 36 valence electrons. The largest absolute Gasteiger partial charge is 0.347 e. The van der Waals surface area contributed by atoms with Gasteiger partial charge in [0.2, 0.25) is 0 Å². The van der Waals surface area contributed by atoms with E-state index in [9.17, 15) is 0 Å². The summed E-state index contributed by atoms with van der Waals surface area (Å²) in [6.07, 6.45) is 0. The van der Waals surface area contributed by atoms with Gasteiger partial charge in [-0.15, -0.1) is 0 Å². The van der Waals surface area contributed by atoms with Gasteiger partial charge in [-0.2, -0.15) is 0 Å². The van der Waals surface area contributed by atoms with Crippen LogP contribution in [0.2, 0.25) is 0 Å². The van der Waals surface area contributed by atoms with Crippen molar-refractivity contribution in [1.82, 2.24) is 5.23 Å². The van der Waals surface area contributed by atoms with E-state index < -0.39 is 0 Å². The van der Waals surface area contributed by atoms with Crippen LogP contribution in [0.25, 0.3) is 0 Å². The average Bonchev–Trinajstić information content (AvgIpc) is 1.35. The molecule has 0 aromatic heterocycles. The minimum absolute atomic E-state index is 0.572. The van der Waals surface area contributed by atoms with E-state index in [-0.39, 0.29) is 0 Å². The summed E-state index contributed by atoms with van der Waals surface area (Å²) in [5.41, 5.74) is 0. The molecule has 1 nitrogen and oxygen atoms in total. The summed E-state index contributed by atoms with van der Waals surface area (Å²) in [6.45, 7) is 4.96. The summed E-state index contributed by atoms with van der Waals surface area (Å²) in [6, 6.07) is 0.572. The molecule has 0 unspecified atom stereocenters. The molecule has 0 aromatic carbocycles. The van der Waals surface area contributed by atoms with Crippen molar-refractivity contribution in [1.29, 1.82) is 0 Å². The molecule has 6 heavy (non-hydrogen) atoms. The van der Waals surface area contributed by atoms with Crippen LogP contribution in [0, 0.1) is 0 Å². The quantitative estimate of drug-likeness (QED) is 0.375. The number of hydrogen-bond donors (Lipinski definition) is 2. The second-order valence-corrected chi connectivity index (χ2v) is 1.83. The smallest absolute Gasteiger partial charge is 0.266 e. The lowest BCUT2D eigenvalue weighted by Gasteiger charge is -1.99. The molecular formula is C3H10BNS. The third kappa shape index (κ3) is 4.37. The SMILES string of the molecule is CC(C)NBS. The molecule has 0 aliphatic heterocycles. The van der Waals surface area contributed by atoms with Crippen molar-refractivity contribution < 1.29 is 0 Å². The Morgan fingerprint density at radius 1 is 1.67 bits per heavy atom. The third-order valence-electron chi connectivity index (χ3n) is 0.500. The maximum absolute atomic E-state index is 3.95. The van der Waals surface area contributed by atoms with Crippen LogP contribution in [0.3, 0.4) is 0 Å². The molecule has 0 amide bonds. The predicted molar refractivity (Wildman–Crippen MR) is 34.4 cm³/mol. The minimum atomic E-state index is 0.572. The van der Waals surface area contributed by atoms with Crippen LogP contribution in [-0.2, 0) is 0 Å². The first-order valence-corrected chi connectivity index (χ1v) is 2.75. The van der Waals surface area contributed by atoms with Gasteiger partial charge in [0.05, 0.1) is 0 Å². The molecule has 0 atom stereocenters. The number of thiol groups is 1. The molecule has 0 saturated heterocycles. The summed E-state index contributed by atoms with van der Waals surface area (Å²) in [5, 5.41) is 3.07. The van der Waals surface area contributed by atoms with E-state index in [1.807, 2.05) is 0 Å². The van der Waals surface area contributed by atoms with Crippen molar-refractivity contribution >= 4 is 19.2 Å². The van der Waals surface area contributed by atoms with Gasteiger partial charge in [0.1, 0.15) is 0 Å². The Balaban J connectivity index is 2.63. The Morgan fingerprint density at radius 3 is 2.17 bits per heavy atom. The van der Waals surface area contributed by atoms with E-state index in [0.717, 1.165) is 6.69 Å². The first-order valence-electron chi connectivity index (χ1n) is 2.11. The lowest BCUT2D eigenvalue weighted by Crippen LogP contribution is -2.23. The zero-order valence-electron chi connectivity index (χ0n) is 4.23. The van der Waals surface area contributed by atoms with Crippen molar-refractivity contribution in [2.75, 3.05) is 0 Å². The van der Waals surface area contributed by atoms with Gasteiger partial charge in [-0.05, 0) is 6.04 Å². The molecule has 0 spiro atoms. The van der Waals surface area contributed by atoms with E-state index in [1.165, 1.54) is 0 Å². The van der Waals surface area contributed by atoms with Gasteiger partial charge in [0, 0.05) is 0 Å². The monoisotopic (exact) mass is 103 g/mol. The van der Waals surface area contributed by atoms with Gasteiger partial charge >= 0.3 is 0 Å². The second kappa shape index (κ2) is 3.56. The van der Waals surface area contributed by atoms with Crippen LogP contribution in [0.1, 0.15) is 13.8 Å². The van der Waals surface area contributed by atoms with Gasteiger partial charge in [0.15, 0.2) is 0 Å². The Morgan fingerprint density at radius 2 is 2.17 bits per heavy atom. The second-order valence-electron chi connectivity index (χ2n) is 1.52. The Bertz CT molecular complexity index is 32.0. The molecule has 0 aliphatic carbocycles. The van der Waals surface area contributed by atoms with Gasteiger partial charge in [-0.3, -0.25) is 0 Å². The highest BCUT2D eigenvalue weighted by atomic mass is 32.1.